The first-order valence-electron chi connectivity index (χ1n) is 9.04. The van der Waals surface area contributed by atoms with Crippen molar-refractivity contribution in [1.82, 2.24) is 0 Å². The molecule has 2 aromatic carbocycles. The molecule has 8 heteroatoms. The molecule has 152 valence electrons. The van der Waals surface area contributed by atoms with Gasteiger partial charge in [0.1, 0.15) is 0 Å². The SMILES string of the molecule is Cc1cccc(C)c1N1C[C@H](C(=O)OCC(=O)Nc2ccc(Cl)c(Cl)c2)CC1=O. The lowest BCUT2D eigenvalue weighted by Gasteiger charge is -2.21. The molecule has 2 amide bonds. The van der Waals surface area contributed by atoms with E-state index in [-0.39, 0.29) is 18.9 Å². The number of benzene rings is 2. The first-order chi connectivity index (χ1) is 13.8. The van der Waals surface area contributed by atoms with E-state index in [1.165, 1.54) is 6.07 Å². The Hall–Kier alpha value is -2.57. The van der Waals surface area contributed by atoms with Gasteiger partial charge in [-0.15, -0.1) is 0 Å². The number of nitrogens with zero attached hydrogens (tertiary/aromatic N) is 1. The van der Waals surface area contributed by atoms with Crippen LogP contribution in [0.5, 0.6) is 0 Å². The summed E-state index contributed by atoms with van der Waals surface area (Å²) < 4.78 is 5.12. The maximum absolute atomic E-state index is 12.4. The number of halogens is 2. The third kappa shape index (κ3) is 4.89. The molecule has 0 saturated carbocycles. The summed E-state index contributed by atoms with van der Waals surface area (Å²) >= 11 is 11.7. The van der Waals surface area contributed by atoms with Crippen LogP contribution in [0.3, 0.4) is 0 Å². The highest BCUT2D eigenvalue weighted by molar-refractivity contribution is 6.42. The van der Waals surface area contributed by atoms with E-state index < -0.39 is 24.4 Å². The maximum atomic E-state index is 12.4. The molecule has 1 aliphatic heterocycles. The van der Waals surface area contributed by atoms with Gasteiger partial charge in [-0.1, -0.05) is 41.4 Å². The number of carbonyl (C=O) groups excluding carboxylic acids is 3. The van der Waals surface area contributed by atoms with E-state index in [4.69, 9.17) is 27.9 Å². The third-order valence-corrected chi connectivity index (χ3v) is 5.46. The standard InChI is InChI=1S/C21H20Cl2N2O4/c1-12-4-3-5-13(2)20(12)25-10-14(8-19(25)27)21(28)29-11-18(26)24-15-6-7-16(22)17(23)9-15/h3-7,9,14H,8,10-11H2,1-2H3,(H,24,26)/t14-/m1/s1. The van der Waals surface area contributed by atoms with Gasteiger partial charge < -0.3 is 15.0 Å². The van der Waals surface area contributed by atoms with Gasteiger partial charge >= 0.3 is 5.97 Å². The van der Waals surface area contributed by atoms with Crippen molar-refractivity contribution in [1.29, 1.82) is 0 Å². The summed E-state index contributed by atoms with van der Waals surface area (Å²) in [4.78, 5) is 38.5. The van der Waals surface area contributed by atoms with Crippen molar-refractivity contribution in [2.24, 2.45) is 5.92 Å². The Balaban J connectivity index is 1.56. The normalized spacial score (nSPS) is 16.1. The van der Waals surface area contributed by atoms with Crippen LogP contribution in [0.4, 0.5) is 11.4 Å². The Bertz CT molecular complexity index is 957. The molecule has 1 N–H and O–H groups in total. The van der Waals surface area contributed by atoms with Crippen LogP contribution in [0.25, 0.3) is 0 Å². The summed E-state index contributed by atoms with van der Waals surface area (Å²) in [6.45, 7) is 3.63. The highest BCUT2D eigenvalue weighted by Gasteiger charge is 2.37. The Morgan fingerprint density at radius 2 is 1.83 bits per heavy atom. The minimum absolute atomic E-state index is 0.0566. The summed E-state index contributed by atoms with van der Waals surface area (Å²) in [5.41, 5.74) is 3.20. The van der Waals surface area contributed by atoms with Gasteiger partial charge in [-0.2, -0.15) is 0 Å². The number of hydrogen-bond donors (Lipinski definition) is 1. The fraction of sp³-hybridized carbons (Fsp3) is 0.286. The van der Waals surface area contributed by atoms with E-state index in [9.17, 15) is 14.4 Å². The molecule has 2 aromatic rings. The smallest absolute Gasteiger partial charge is 0.311 e. The Kier molecular flexibility index (Phi) is 6.45. The summed E-state index contributed by atoms with van der Waals surface area (Å²) in [5.74, 6) is -1.83. The van der Waals surface area contributed by atoms with E-state index in [1.807, 2.05) is 32.0 Å². The zero-order valence-corrected chi connectivity index (χ0v) is 17.5. The number of amides is 2. The molecular formula is C21H20Cl2N2O4. The minimum Gasteiger partial charge on any atom is -0.455 e. The molecule has 1 fully saturated rings. The molecule has 0 spiro atoms. The van der Waals surface area contributed by atoms with Crippen LogP contribution in [0, 0.1) is 19.8 Å². The molecule has 0 bridgehead atoms. The highest BCUT2D eigenvalue weighted by atomic mass is 35.5. The van der Waals surface area contributed by atoms with E-state index in [2.05, 4.69) is 5.32 Å². The zero-order valence-electron chi connectivity index (χ0n) is 16.0. The summed E-state index contributed by atoms with van der Waals surface area (Å²) in [6.07, 6.45) is 0.0566. The van der Waals surface area contributed by atoms with Crippen LogP contribution in [0.1, 0.15) is 17.5 Å². The van der Waals surface area contributed by atoms with Crippen LogP contribution in [-0.4, -0.2) is 30.9 Å². The summed E-state index contributed by atoms with van der Waals surface area (Å²) in [6, 6.07) is 10.4. The topological polar surface area (TPSA) is 75.7 Å². The van der Waals surface area contributed by atoms with Gasteiger partial charge in [-0.3, -0.25) is 14.4 Å². The fourth-order valence-electron chi connectivity index (χ4n) is 3.34. The molecule has 0 unspecified atom stereocenters. The number of ether oxygens (including phenoxy) is 1. The first-order valence-corrected chi connectivity index (χ1v) is 9.80. The number of esters is 1. The fourth-order valence-corrected chi connectivity index (χ4v) is 3.64. The number of carbonyl (C=O) groups is 3. The molecule has 0 aliphatic carbocycles. The molecular weight excluding hydrogens is 415 g/mol. The average Bonchev–Trinajstić information content (AvgIpc) is 3.04. The van der Waals surface area contributed by atoms with E-state index >= 15 is 0 Å². The Morgan fingerprint density at radius 3 is 2.48 bits per heavy atom. The molecule has 3 rings (SSSR count). The molecule has 1 saturated heterocycles. The number of rotatable bonds is 5. The zero-order chi connectivity index (χ0) is 21.1. The van der Waals surface area contributed by atoms with E-state index in [0.29, 0.717) is 15.7 Å². The number of aryl methyl sites for hydroxylation is 2. The molecule has 1 heterocycles. The molecule has 1 aliphatic rings. The number of anilines is 2. The summed E-state index contributed by atoms with van der Waals surface area (Å²) in [5, 5.41) is 3.25. The highest BCUT2D eigenvalue weighted by Crippen LogP contribution is 2.31. The molecule has 6 nitrogen and oxygen atoms in total. The third-order valence-electron chi connectivity index (χ3n) is 4.72. The van der Waals surface area contributed by atoms with Crippen molar-refractivity contribution in [3.8, 4) is 0 Å². The van der Waals surface area contributed by atoms with Crippen LogP contribution < -0.4 is 10.2 Å². The lowest BCUT2D eigenvalue weighted by molar-refractivity contribution is -0.151. The predicted octanol–water partition coefficient (Wildman–Crippen LogP) is 4.15. The quantitative estimate of drug-likeness (QED) is 0.717. The summed E-state index contributed by atoms with van der Waals surface area (Å²) in [7, 11) is 0. The van der Waals surface area contributed by atoms with Crippen LogP contribution in [-0.2, 0) is 19.1 Å². The molecule has 0 aromatic heterocycles. The number of para-hydroxylation sites is 1. The second-order valence-corrected chi connectivity index (χ2v) is 7.74. The van der Waals surface area contributed by atoms with Gasteiger partial charge in [0, 0.05) is 24.3 Å². The number of nitrogens with one attached hydrogen (secondary N) is 1. The lowest BCUT2D eigenvalue weighted by atomic mass is 10.1. The largest absolute Gasteiger partial charge is 0.455 e. The monoisotopic (exact) mass is 434 g/mol. The number of hydrogen-bond acceptors (Lipinski definition) is 4. The van der Waals surface area contributed by atoms with Gasteiger partial charge in [0.2, 0.25) is 5.91 Å². The minimum atomic E-state index is -0.612. The van der Waals surface area contributed by atoms with Crippen molar-refractivity contribution in [3.05, 3.63) is 57.6 Å². The average molecular weight is 435 g/mol. The Morgan fingerprint density at radius 1 is 1.14 bits per heavy atom. The lowest BCUT2D eigenvalue weighted by Crippen LogP contribution is -2.29. The Labute approximate surface area is 178 Å². The van der Waals surface area contributed by atoms with Gasteiger partial charge in [0.05, 0.1) is 16.0 Å². The van der Waals surface area contributed by atoms with E-state index in [0.717, 1.165) is 16.8 Å². The van der Waals surface area contributed by atoms with Crippen molar-refractivity contribution < 1.29 is 19.1 Å². The van der Waals surface area contributed by atoms with E-state index in [1.54, 1.807) is 17.0 Å². The van der Waals surface area contributed by atoms with Crippen molar-refractivity contribution >= 4 is 52.4 Å². The van der Waals surface area contributed by atoms with Crippen molar-refractivity contribution in [2.45, 2.75) is 20.3 Å². The van der Waals surface area contributed by atoms with Gasteiger partial charge in [-0.05, 0) is 43.2 Å². The van der Waals surface area contributed by atoms with Crippen LogP contribution >= 0.6 is 23.2 Å². The van der Waals surface area contributed by atoms with Gasteiger partial charge in [0.15, 0.2) is 6.61 Å². The van der Waals surface area contributed by atoms with Crippen molar-refractivity contribution in [3.63, 3.8) is 0 Å². The second kappa shape index (κ2) is 8.84. The second-order valence-electron chi connectivity index (χ2n) is 6.93. The van der Waals surface area contributed by atoms with Crippen LogP contribution in [0.15, 0.2) is 36.4 Å². The molecule has 29 heavy (non-hydrogen) atoms. The van der Waals surface area contributed by atoms with Gasteiger partial charge in [-0.25, -0.2) is 0 Å². The maximum Gasteiger partial charge on any atom is 0.311 e. The van der Waals surface area contributed by atoms with Gasteiger partial charge in [0.25, 0.3) is 5.91 Å². The van der Waals surface area contributed by atoms with Crippen LogP contribution in [0.2, 0.25) is 10.0 Å². The van der Waals surface area contributed by atoms with Crippen molar-refractivity contribution in [2.75, 3.05) is 23.4 Å². The first kappa shape index (κ1) is 21.1. The predicted molar refractivity (Wildman–Crippen MR) is 112 cm³/mol. The molecule has 1 atom stereocenters. The molecule has 0 radical (unpaired) electrons.